The minimum atomic E-state index is -0.367. The lowest BCUT2D eigenvalue weighted by molar-refractivity contribution is 0.0945. The first-order valence-corrected chi connectivity index (χ1v) is 9.96. The number of benzene rings is 3. The molecule has 0 aliphatic carbocycles. The quantitative estimate of drug-likeness (QED) is 0.426. The van der Waals surface area contributed by atoms with Gasteiger partial charge in [0.05, 0.1) is 12.8 Å². The molecule has 6 nitrogen and oxygen atoms in total. The molecule has 0 saturated carbocycles. The van der Waals surface area contributed by atoms with Crippen LogP contribution in [0.1, 0.15) is 26.5 Å². The summed E-state index contributed by atoms with van der Waals surface area (Å²) in [4.78, 5) is 24.8. The number of amides is 2. The zero-order valence-corrected chi connectivity index (χ0v) is 17.1. The van der Waals surface area contributed by atoms with Gasteiger partial charge in [0.1, 0.15) is 12.4 Å². The van der Waals surface area contributed by atoms with Gasteiger partial charge in [0, 0.05) is 16.6 Å². The molecule has 0 fully saturated rings. The third-order valence-corrected chi connectivity index (χ3v) is 4.89. The van der Waals surface area contributed by atoms with E-state index in [4.69, 9.17) is 9.15 Å². The van der Waals surface area contributed by atoms with Crippen LogP contribution in [0.5, 0.6) is 5.75 Å². The highest BCUT2D eigenvalue weighted by Crippen LogP contribution is 2.25. The van der Waals surface area contributed by atoms with E-state index in [1.807, 2.05) is 49.4 Å². The third kappa shape index (κ3) is 4.75. The summed E-state index contributed by atoms with van der Waals surface area (Å²) in [5, 5.41) is 7.76. The first-order chi connectivity index (χ1) is 15.1. The van der Waals surface area contributed by atoms with Crippen LogP contribution in [0.4, 0.5) is 5.69 Å². The molecule has 2 amide bonds. The van der Waals surface area contributed by atoms with E-state index in [-0.39, 0.29) is 17.6 Å². The number of fused-ring (bicyclic) bond motifs is 1. The van der Waals surface area contributed by atoms with Crippen LogP contribution >= 0.6 is 0 Å². The summed E-state index contributed by atoms with van der Waals surface area (Å²) in [6.07, 6.45) is 1.44. The molecule has 1 heterocycles. The molecule has 0 unspecified atom stereocenters. The molecule has 0 spiro atoms. The SMILES string of the molecule is Cc1ccc(C(=O)NCCOc2cccc3ccccc23)cc1NC(=O)c1ccco1. The topological polar surface area (TPSA) is 80.6 Å². The molecule has 2 N–H and O–H groups in total. The molecule has 3 aromatic carbocycles. The number of furan rings is 1. The molecule has 6 heteroatoms. The summed E-state index contributed by atoms with van der Waals surface area (Å²) in [6, 6.07) is 22.3. The van der Waals surface area contributed by atoms with Crippen molar-refractivity contribution in [2.75, 3.05) is 18.5 Å². The molecule has 0 aliphatic rings. The number of rotatable bonds is 7. The van der Waals surface area contributed by atoms with Crippen LogP contribution in [0, 0.1) is 6.92 Å². The van der Waals surface area contributed by atoms with Crippen molar-refractivity contribution in [3.05, 3.63) is 95.9 Å². The molecule has 1 aromatic heterocycles. The Morgan fingerprint density at radius 2 is 1.77 bits per heavy atom. The van der Waals surface area contributed by atoms with Gasteiger partial charge in [0.2, 0.25) is 0 Å². The minimum absolute atomic E-state index is 0.208. The van der Waals surface area contributed by atoms with Crippen molar-refractivity contribution in [3.8, 4) is 5.75 Å². The maximum absolute atomic E-state index is 12.5. The monoisotopic (exact) mass is 414 g/mol. The average Bonchev–Trinajstić information content (AvgIpc) is 3.33. The van der Waals surface area contributed by atoms with E-state index in [2.05, 4.69) is 10.6 Å². The molecule has 0 radical (unpaired) electrons. The molecule has 0 atom stereocenters. The van der Waals surface area contributed by atoms with Gasteiger partial charge in [-0.3, -0.25) is 9.59 Å². The summed E-state index contributed by atoms with van der Waals surface area (Å²) in [5.41, 5.74) is 1.85. The highest BCUT2D eigenvalue weighted by Gasteiger charge is 2.13. The first kappa shape index (κ1) is 20.2. The second-order valence-corrected chi connectivity index (χ2v) is 7.04. The smallest absolute Gasteiger partial charge is 0.291 e. The second-order valence-electron chi connectivity index (χ2n) is 7.04. The molecule has 0 aliphatic heterocycles. The van der Waals surface area contributed by atoms with Gasteiger partial charge in [0.15, 0.2) is 5.76 Å². The molecule has 0 bridgehead atoms. The minimum Gasteiger partial charge on any atom is -0.491 e. The third-order valence-electron chi connectivity index (χ3n) is 4.89. The molecule has 156 valence electrons. The van der Waals surface area contributed by atoms with Crippen molar-refractivity contribution in [1.82, 2.24) is 5.32 Å². The number of aryl methyl sites for hydroxylation is 1. The molecule has 4 rings (SSSR count). The Morgan fingerprint density at radius 3 is 2.61 bits per heavy atom. The van der Waals surface area contributed by atoms with Crippen molar-refractivity contribution in [2.45, 2.75) is 6.92 Å². The van der Waals surface area contributed by atoms with Crippen LogP contribution in [-0.4, -0.2) is 25.0 Å². The van der Waals surface area contributed by atoms with E-state index in [0.29, 0.717) is 24.4 Å². The first-order valence-electron chi connectivity index (χ1n) is 9.96. The van der Waals surface area contributed by atoms with Gasteiger partial charge < -0.3 is 19.8 Å². The van der Waals surface area contributed by atoms with Crippen LogP contribution < -0.4 is 15.4 Å². The van der Waals surface area contributed by atoms with Crippen molar-refractivity contribution in [2.24, 2.45) is 0 Å². The van der Waals surface area contributed by atoms with Gasteiger partial charge in [0.25, 0.3) is 11.8 Å². The molecule has 4 aromatic rings. The van der Waals surface area contributed by atoms with Crippen LogP contribution in [-0.2, 0) is 0 Å². The number of anilines is 1. The van der Waals surface area contributed by atoms with Crippen molar-refractivity contribution in [3.63, 3.8) is 0 Å². The number of nitrogens with one attached hydrogen (secondary N) is 2. The number of ether oxygens (including phenoxy) is 1. The van der Waals surface area contributed by atoms with Gasteiger partial charge in [-0.2, -0.15) is 0 Å². The van der Waals surface area contributed by atoms with Crippen LogP contribution in [0.3, 0.4) is 0 Å². The zero-order valence-electron chi connectivity index (χ0n) is 17.1. The van der Waals surface area contributed by atoms with Crippen molar-refractivity contribution in [1.29, 1.82) is 0 Å². The zero-order chi connectivity index (χ0) is 21.6. The maximum Gasteiger partial charge on any atom is 0.291 e. The number of hydrogen-bond donors (Lipinski definition) is 2. The molecule has 31 heavy (non-hydrogen) atoms. The Labute approximate surface area is 179 Å². The van der Waals surface area contributed by atoms with E-state index in [1.165, 1.54) is 6.26 Å². The highest BCUT2D eigenvalue weighted by molar-refractivity contribution is 6.04. The van der Waals surface area contributed by atoms with E-state index in [0.717, 1.165) is 22.1 Å². The Morgan fingerprint density at radius 1 is 0.935 bits per heavy atom. The van der Waals surface area contributed by atoms with E-state index >= 15 is 0 Å². The van der Waals surface area contributed by atoms with Crippen LogP contribution in [0.15, 0.2) is 83.5 Å². The largest absolute Gasteiger partial charge is 0.491 e. The van der Waals surface area contributed by atoms with Gasteiger partial charge in [-0.1, -0.05) is 42.5 Å². The van der Waals surface area contributed by atoms with Gasteiger partial charge in [-0.15, -0.1) is 0 Å². The average molecular weight is 414 g/mol. The van der Waals surface area contributed by atoms with Gasteiger partial charge in [-0.25, -0.2) is 0 Å². The van der Waals surface area contributed by atoms with Gasteiger partial charge >= 0.3 is 0 Å². The Kier molecular flexibility index (Phi) is 5.98. The van der Waals surface area contributed by atoms with Crippen molar-refractivity contribution < 1.29 is 18.7 Å². The molecule has 0 saturated heterocycles. The Hall–Kier alpha value is -4.06. The summed E-state index contributed by atoms with van der Waals surface area (Å²) < 4.78 is 11.0. The fourth-order valence-corrected chi connectivity index (χ4v) is 3.24. The fourth-order valence-electron chi connectivity index (χ4n) is 3.24. The lowest BCUT2D eigenvalue weighted by Crippen LogP contribution is -2.28. The second kappa shape index (κ2) is 9.17. The van der Waals surface area contributed by atoms with E-state index in [9.17, 15) is 9.59 Å². The summed E-state index contributed by atoms with van der Waals surface area (Å²) in [5.74, 6) is 0.384. The number of carbonyl (C=O) groups excluding carboxylic acids is 2. The Balaban J connectivity index is 1.35. The fraction of sp³-hybridized carbons (Fsp3) is 0.120. The number of hydrogen-bond acceptors (Lipinski definition) is 4. The normalized spacial score (nSPS) is 10.6. The Bertz CT molecular complexity index is 1210. The summed E-state index contributed by atoms with van der Waals surface area (Å²) in [6.45, 7) is 2.55. The molecular weight excluding hydrogens is 392 g/mol. The predicted octanol–water partition coefficient (Wildman–Crippen LogP) is 4.80. The lowest BCUT2D eigenvalue weighted by atomic mass is 10.1. The predicted molar refractivity (Wildman–Crippen MR) is 120 cm³/mol. The van der Waals surface area contributed by atoms with Crippen LogP contribution in [0.2, 0.25) is 0 Å². The maximum atomic E-state index is 12.5. The van der Waals surface area contributed by atoms with E-state index < -0.39 is 0 Å². The van der Waals surface area contributed by atoms with Crippen LogP contribution in [0.25, 0.3) is 10.8 Å². The standard InChI is InChI=1S/C25H22N2O4/c1-17-11-12-19(16-21(17)27-25(29)23-10-5-14-30-23)24(28)26-13-15-31-22-9-4-7-18-6-2-3-8-20(18)22/h2-12,14,16H,13,15H2,1H3,(H,26,28)(H,27,29). The molecular formula is C25H22N2O4. The summed E-state index contributed by atoms with van der Waals surface area (Å²) in [7, 11) is 0. The highest BCUT2D eigenvalue weighted by atomic mass is 16.5. The lowest BCUT2D eigenvalue weighted by Gasteiger charge is -2.12. The van der Waals surface area contributed by atoms with E-state index in [1.54, 1.807) is 30.3 Å². The number of carbonyl (C=O) groups is 2. The summed E-state index contributed by atoms with van der Waals surface area (Å²) >= 11 is 0. The van der Waals surface area contributed by atoms with Gasteiger partial charge in [-0.05, 0) is 48.2 Å². The van der Waals surface area contributed by atoms with Crippen molar-refractivity contribution >= 4 is 28.3 Å².